The molecule has 0 spiro atoms. The molecule has 0 heterocycles. The minimum absolute atomic E-state index is 0.103. The molecule has 1 unspecified atom stereocenters. The van der Waals surface area contributed by atoms with Crippen LogP contribution in [-0.2, 0) is 5.41 Å². The van der Waals surface area contributed by atoms with Crippen molar-refractivity contribution in [1.29, 1.82) is 5.26 Å². The Kier molecular flexibility index (Phi) is 5.00. The SMILES string of the molecule is CCC(C#N)CN(C)c1ccc(C(C)(C)C)cc1C. The van der Waals surface area contributed by atoms with Crippen molar-refractivity contribution in [3.8, 4) is 6.07 Å². The summed E-state index contributed by atoms with van der Waals surface area (Å²) in [5, 5.41) is 9.07. The van der Waals surface area contributed by atoms with Crippen LogP contribution in [0.2, 0.25) is 0 Å². The number of hydrogen-bond donors (Lipinski definition) is 0. The zero-order valence-electron chi connectivity index (χ0n) is 13.1. The van der Waals surface area contributed by atoms with Crippen molar-refractivity contribution < 1.29 is 0 Å². The van der Waals surface area contributed by atoms with Crippen molar-refractivity contribution in [2.24, 2.45) is 5.92 Å². The Hall–Kier alpha value is -1.49. The fourth-order valence-electron chi connectivity index (χ4n) is 2.24. The molecule has 0 bridgehead atoms. The van der Waals surface area contributed by atoms with Crippen LogP contribution in [0.4, 0.5) is 5.69 Å². The van der Waals surface area contributed by atoms with E-state index in [1.54, 1.807) is 0 Å². The molecule has 0 N–H and O–H groups in total. The molecule has 0 fully saturated rings. The van der Waals surface area contributed by atoms with E-state index in [-0.39, 0.29) is 11.3 Å². The summed E-state index contributed by atoms with van der Waals surface area (Å²) in [7, 11) is 2.07. The average molecular weight is 258 g/mol. The molecule has 104 valence electrons. The molecule has 1 atom stereocenters. The number of benzene rings is 1. The van der Waals surface area contributed by atoms with Crippen LogP contribution >= 0.6 is 0 Å². The molecule has 0 radical (unpaired) electrons. The minimum atomic E-state index is 0.103. The fourth-order valence-corrected chi connectivity index (χ4v) is 2.24. The van der Waals surface area contributed by atoms with Crippen LogP contribution in [0.1, 0.15) is 45.2 Å². The third-order valence-electron chi connectivity index (χ3n) is 3.64. The standard InChI is InChI=1S/C17H26N2/c1-7-14(11-18)12-19(6)16-9-8-15(10-13(16)2)17(3,4)5/h8-10,14H,7,12H2,1-6H3. The van der Waals surface area contributed by atoms with Crippen molar-refractivity contribution in [3.63, 3.8) is 0 Å². The first-order valence-electron chi connectivity index (χ1n) is 7.01. The van der Waals surface area contributed by atoms with Gasteiger partial charge in [-0.3, -0.25) is 0 Å². The van der Waals surface area contributed by atoms with E-state index in [0.717, 1.165) is 13.0 Å². The second kappa shape index (κ2) is 6.10. The number of nitrogens with zero attached hydrogens (tertiary/aromatic N) is 2. The van der Waals surface area contributed by atoms with Gasteiger partial charge in [0.05, 0.1) is 12.0 Å². The maximum absolute atomic E-state index is 9.07. The normalized spacial score (nSPS) is 12.9. The van der Waals surface area contributed by atoms with Gasteiger partial charge >= 0.3 is 0 Å². The van der Waals surface area contributed by atoms with Gasteiger partial charge in [0, 0.05) is 19.3 Å². The predicted molar refractivity (Wildman–Crippen MR) is 82.5 cm³/mol. The van der Waals surface area contributed by atoms with Crippen LogP contribution < -0.4 is 4.90 Å². The first-order chi connectivity index (χ1) is 8.79. The van der Waals surface area contributed by atoms with E-state index in [1.807, 2.05) is 0 Å². The zero-order valence-corrected chi connectivity index (χ0v) is 13.1. The lowest BCUT2D eigenvalue weighted by Gasteiger charge is -2.26. The molecule has 0 aliphatic rings. The molecule has 1 aromatic carbocycles. The molecule has 0 aromatic heterocycles. The third kappa shape index (κ3) is 3.99. The van der Waals surface area contributed by atoms with Crippen molar-refractivity contribution in [3.05, 3.63) is 29.3 Å². The average Bonchev–Trinajstić information content (AvgIpc) is 2.34. The quantitative estimate of drug-likeness (QED) is 0.806. The Morgan fingerprint density at radius 1 is 1.32 bits per heavy atom. The van der Waals surface area contributed by atoms with Gasteiger partial charge in [0.25, 0.3) is 0 Å². The molecule has 1 aromatic rings. The van der Waals surface area contributed by atoms with E-state index in [1.165, 1.54) is 16.8 Å². The first kappa shape index (κ1) is 15.6. The molecule has 2 nitrogen and oxygen atoms in total. The van der Waals surface area contributed by atoms with Gasteiger partial charge < -0.3 is 4.90 Å². The highest BCUT2D eigenvalue weighted by Gasteiger charge is 2.16. The predicted octanol–water partition coefficient (Wildman–Crippen LogP) is 4.28. The van der Waals surface area contributed by atoms with E-state index >= 15 is 0 Å². The molecule has 1 rings (SSSR count). The lowest BCUT2D eigenvalue weighted by Crippen LogP contribution is -2.25. The number of rotatable bonds is 4. The number of hydrogen-bond acceptors (Lipinski definition) is 2. The topological polar surface area (TPSA) is 27.0 Å². The molecule has 0 aliphatic heterocycles. The fraction of sp³-hybridized carbons (Fsp3) is 0.588. The Bertz CT molecular complexity index is 463. The van der Waals surface area contributed by atoms with Crippen molar-refractivity contribution in [2.75, 3.05) is 18.5 Å². The van der Waals surface area contributed by atoms with Crippen LogP contribution in [0, 0.1) is 24.2 Å². The van der Waals surface area contributed by atoms with Gasteiger partial charge in [0.15, 0.2) is 0 Å². The van der Waals surface area contributed by atoms with E-state index in [0.29, 0.717) is 0 Å². The lowest BCUT2D eigenvalue weighted by molar-refractivity contribution is 0.589. The van der Waals surface area contributed by atoms with Crippen molar-refractivity contribution in [1.82, 2.24) is 0 Å². The summed E-state index contributed by atoms with van der Waals surface area (Å²) in [6.45, 7) is 11.7. The highest BCUT2D eigenvalue weighted by molar-refractivity contribution is 5.54. The van der Waals surface area contributed by atoms with Gasteiger partial charge in [-0.1, -0.05) is 39.8 Å². The van der Waals surface area contributed by atoms with Gasteiger partial charge in [-0.25, -0.2) is 0 Å². The van der Waals surface area contributed by atoms with Crippen LogP contribution in [0.5, 0.6) is 0 Å². The summed E-state index contributed by atoms with van der Waals surface area (Å²) in [5.74, 6) is 0.103. The Balaban J connectivity index is 2.94. The van der Waals surface area contributed by atoms with Gasteiger partial charge in [-0.2, -0.15) is 5.26 Å². The summed E-state index contributed by atoms with van der Waals surface area (Å²) in [6.07, 6.45) is 0.903. The van der Waals surface area contributed by atoms with Crippen molar-refractivity contribution >= 4 is 5.69 Å². The van der Waals surface area contributed by atoms with E-state index in [4.69, 9.17) is 5.26 Å². The lowest BCUT2D eigenvalue weighted by atomic mass is 9.86. The third-order valence-corrected chi connectivity index (χ3v) is 3.64. The Morgan fingerprint density at radius 2 is 1.95 bits per heavy atom. The molecule has 0 saturated carbocycles. The number of nitriles is 1. The van der Waals surface area contributed by atoms with Crippen LogP contribution in [0.25, 0.3) is 0 Å². The van der Waals surface area contributed by atoms with Gasteiger partial charge in [-0.05, 0) is 36.0 Å². The monoisotopic (exact) mass is 258 g/mol. The molecular weight excluding hydrogens is 232 g/mol. The smallest absolute Gasteiger partial charge is 0.0674 e. The molecule has 0 saturated heterocycles. The maximum atomic E-state index is 9.07. The van der Waals surface area contributed by atoms with Gasteiger partial charge in [-0.15, -0.1) is 0 Å². The largest absolute Gasteiger partial charge is 0.373 e. The zero-order chi connectivity index (χ0) is 14.6. The highest BCUT2D eigenvalue weighted by Crippen LogP contribution is 2.28. The molecule has 0 aliphatic carbocycles. The van der Waals surface area contributed by atoms with Gasteiger partial charge in [0.1, 0.15) is 0 Å². The molecule has 2 heteroatoms. The van der Waals surface area contributed by atoms with Crippen molar-refractivity contribution in [2.45, 2.75) is 46.5 Å². The summed E-state index contributed by atoms with van der Waals surface area (Å²) >= 11 is 0. The van der Waals surface area contributed by atoms with Crippen LogP contribution in [0.15, 0.2) is 18.2 Å². The first-order valence-corrected chi connectivity index (χ1v) is 7.01. The minimum Gasteiger partial charge on any atom is -0.373 e. The summed E-state index contributed by atoms with van der Waals surface area (Å²) in [5.41, 5.74) is 4.04. The van der Waals surface area contributed by atoms with Gasteiger partial charge in [0.2, 0.25) is 0 Å². The number of anilines is 1. The summed E-state index contributed by atoms with van der Waals surface area (Å²) < 4.78 is 0. The number of aryl methyl sites for hydroxylation is 1. The van der Waals surface area contributed by atoms with E-state index in [9.17, 15) is 0 Å². The van der Waals surface area contributed by atoms with E-state index in [2.05, 4.69) is 70.8 Å². The van der Waals surface area contributed by atoms with E-state index < -0.39 is 0 Å². The van der Waals surface area contributed by atoms with Crippen LogP contribution in [-0.4, -0.2) is 13.6 Å². The maximum Gasteiger partial charge on any atom is 0.0674 e. The molecule has 19 heavy (non-hydrogen) atoms. The Morgan fingerprint density at radius 3 is 2.37 bits per heavy atom. The van der Waals surface area contributed by atoms with Crippen LogP contribution in [0.3, 0.4) is 0 Å². The second-order valence-corrected chi connectivity index (χ2v) is 6.37. The second-order valence-electron chi connectivity index (χ2n) is 6.37. The highest BCUT2D eigenvalue weighted by atomic mass is 15.1. The molecule has 0 amide bonds. The summed E-state index contributed by atoms with van der Waals surface area (Å²) in [4.78, 5) is 2.19. The summed E-state index contributed by atoms with van der Waals surface area (Å²) in [6, 6.07) is 9.01. The Labute approximate surface area is 118 Å². The molecular formula is C17H26N2.